The summed E-state index contributed by atoms with van der Waals surface area (Å²) in [4.78, 5) is 0. The molecule has 94 valence electrons. The van der Waals surface area contributed by atoms with Crippen LogP contribution in [0.2, 0.25) is 0 Å². The lowest BCUT2D eigenvalue weighted by molar-refractivity contribution is 0.660. The van der Waals surface area contributed by atoms with Crippen molar-refractivity contribution in [3.8, 4) is 23.0 Å². The highest BCUT2D eigenvalue weighted by atomic mass is 14.5. The van der Waals surface area contributed by atoms with Gasteiger partial charge in [-0.2, -0.15) is 0 Å². The van der Waals surface area contributed by atoms with Gasteiger partial charge >= 0.3 is 0 Å². The minimum absolute atomic E-state index is 0.0479. The van der Waals surface area contributed by atoms with Gasteiger partial charge in [-0.25, -0.2) is 0 Å². The monoisotopic (exact) mass is 247 g/mol. The van der Waals surface area contributed by atoms with Gasteiger partial charge in [0.15, 0.2) is 0 Å². The van der Waals surface area contributed by atoms with Crippen molar-refractivity contribution < 1.29 is 0 Å². The van der Waals surface area contributed by atoms with Crippen molar-refractivity contribution in [3.05, 3.63) is 59.2 Å². The summed E-state index contributed by atoms with van der Waals surface area (Å²) in [5.74, 6) is 6.05. The third kappa shape index (κ3) is 1.77. The fraction of sp³-hybridized carbons (Fsp3) is 0.222. The molecule has 0 fully saturated rings. The molecule has 2 N–H and O–H groups in total. The summed E-state index contributed by atoms with van der Waals surface area (Å²) in [6.07, 6.45) is 0. The molecule has 0 aromatic heterocycles. The van der Waals surface area contributed by atoms with Crippen LogP contribution < -0.4 is 5.73 Å². The number of hydrogen-bond donors (Lipinski definition) is 1. The van der Waals surface area contributed by atoms with Crippen LogP contribution in [0, 0.1) is 11.8 Å². The second-order valence-corrected chi connectivity index (χ2v) is 5.44. The van der Waals surface area contributed by atoms with Gasteiger partial charge in [0.25, 0.3) is 0 Å². The van der Waals surface area contributed by atoms with Gasteiger partial charge in [0.05, 0.1) is 6.54 Å². The molecule has 0 saturated heterocycles. The average Bonchev–Trinajstić information content (AvgIpc) is 2.66. The maximum Gasteiger partial charge on any atom is 0.0555 e. The van der Waals surface area contributed by atoms with E-state index in [-0.39, 0.29) is 5.41 Å². The molecule has 1 nitrogen and oxygen atoms in total. The second-order valence-electron chi connectivity index (χ2n) is 5.44. The van der Waals surface area contributed by atoms with Gasteiger partial charge in [-0.1, -0.05) is 56.0 Å². The molecule has 0 spiro atoms. The Hall–Kier alpha value is -2.04. The fourth-order valence-electron chi connectivity index (χ4n) is 2.94. The Balaban J connectivity index is 2.21. The first kappa shape index (κ1) is 12.0. The first-order valence-corrected chi connectivity index (χ1v) is 6.58. The van der Waals surface area contributed by atoms with Gasteiger partial charge < -0.3 is 5.73 Å². The number of rotatable bonds is 0. The largest absolute Gasteiger partial charge is 0.320 e. The zero-order valence-electron chi connectivity index (χ0n) is 11.3. The van der Waals surface area contributed by atoms with E-state index in [2.05, 4.69) is 68.2 Å². The van der Waals surface area contributed by atoms with E-state index in [0.29, 0.717) is 6.54 Å². The third-order valence-corrected chi connectivity index (χ3v) is 3.92. The molecule has 19 heavy (non-hydrogen) atoms. The van der Waals surface area contributed by atoms with Crippen molar-refractivity contribution in [2.75, 3.05) is 6.54 Å². The molecule has 0 radical (unpaired) electrons. The first-order valence-electron chi connectivity index (χ1n) is 6.58. The van der Waals surface area contributed by atoms with Crippen LogP contribution in [-0.4, -0.2) is 6.54 Å². The minimum Gasteiger partial charge on any atom is -0.320 e. The number of fused-ring (bicyclic) bond motifs is 3. The van der Waals surface area contributed by atoms with Crippen LogP contribution in [0.15, 0.2) is 42.5 Å². The van der Waals surface area contributed by atoms with Crippen LogP contribution in [0.4, 0.5) is 0 Å². The molecule has 1 aliphatic rings. The normalized spacial score (nSPS) is 14.3. The quantitative estimate of drug-likeness (QED) is 0.710. The van der Waals surface area contributed by atoms with Crippen molar-refractivity contribution in [3.63, 3.8) is 0 Å². The molecule has 0 atom stereocenters. The van der Waals surface area contributed by atoms with Crippen LogP contribution in [0.1, 0.15) is 30.5 Å². The summed E-state index contributed by atoms with van der Waals surface area (Å²) < 4.78 is 0. The maximum absolute atomic E-state index is 5.44. The smallest absolute Gasteiger partial charge is 0.0555 e. The molecule has 0 bridgehead atoms. The fourth-order valence-corrected chi connectivity index (χ4v) is 2.94. The van der Waals surface area contributed by atoms with Crippen molar-refractivity contribution in [2.45, 2.75) is 19.3 Å². The molecule has 1 aliphatic carbocycles. The highest BCUT2D eigenvalue weighted by Crippen LogP contribution is 2.48. The Morgan fingerprint density at radius 1 is 1.00 bits per heavy atom. The SMILES string of the molecule is CC1(C)c2ccccc2-c2ccc(C#CCN)cc21. The predicted molar refractivity (Wildman–Crippen MR) is 79.9 cm³/mol. The maximum atomic E-state index is 5.44. The summed E-state index contributed by atoms with van der Waals surface area (Å²) in [6.45, 7) is 4.95. The van der Waals surface area contributed by atoms with Gasteiger partial charge in [0, 0.05) is 11.0 Å². The predicted octanol–water partition coefficient (Wildman–Crippen LogP) is 3.30. The Morgan fingerprint density at radius 3 is 2.53 bits per heavy atom. The summed E-state index contributed by atoms with van der Waals surface area (Å²) in [7, 11) is 0. The number of nitrogens with two attached hydrogens (primary N) is 1. The van der Waals surface area contributed by atoms with E-state index in [1.165, 1.54) is 22.3 Å². The lowest BCUT2D eigenvalue weighted by Gasteiger charge is -2.21. The Kier molecular flexibility index (Phi) is 2.69. The van der Waals surface area contributed by atoms with Gasteiger partial charge in [0.2, 0.25) is 0 Å². The van der Waals surface area contributed by atoms with E-state index < -0.39 is 0 Å². The molecule has 0 saturated carbocycles. The average molecular weight is 247 g/mol. The zero-order valence-corrected chi connectivity index (χ0v) is 11.3. The lowest BCUT2D eigenvalue weighted by atomic mass is 9.82. The van der Waals surface area contributed by atoms with Crippen LogP contribution >= 0.6 is 0 Å². The van der Waals surface area contributed by atoms with Crippen LogP contribution in [0.3, 0.4) is 0 Å². The molecule has 0 heterocycles. The Labute approximate surface area is 114 Å². The Bertz CT molecular complexity index is 699. The van der Waals surface area contributed by atoms with Gasteiger partial charge in [-0.3, -0.25) is 0 Å². The number of benzene rings is 2. The van der Waals surface area contributed by atoms with E-state index in [0.717, 1.165) is 5.56 Å². The summed E-state index contributed by atoms with van der Waals surface area (Å²) >= 11 is 0. The van der Waals surface area contributed by atoms with Crippen LogP contribution in [0.25, 0.3) is 11.1 Å². The summed E-state index contributed by atoms with van der Waals surface area (Å²) in [6, 6.07) is 15.1. The molecule has 0 aliphatic heterocycles. The topological polar surface area (TPSA) is 26.0 Å². The van der Waals surface area contributed by atoms with E-state index in [1.807, 2.05) is 0 Å². The first-order chi connectivity index (χ1) is 9.14. The van der Waals surface area contributed by atoms with Crippen molar-refractivity contribution >= 4 is 0 Å². The number of hydrogen-bond acceptors (Lipinski definition) is 1. The van der Waals surface area contributed by atoms with E-state index >= 15 is 0 Å². The van der Waals surface area contributed by atoms with Gasteiger partial charge in [0.1, 0.15) is 0 Å². The molecule has 0 unspecified atom stereocenters. The van der Waals surface area contributed by atoms with Gasteiger partial charge in [-0.05, 0) is 34.4 Å². The highest BCUT2D eigenvalue weighted by Gasteiger charge is 2.34. The van der Waals surface area contributed by atoms with Gasteiger partial charge in [-0.15, -0.1) is 0 Å². The van der Waals surface area contributed by atoms with E-state index in [4.69, 9.17) is 5.73 Å². The molecule has 3 rings (SSSR count). The highest BCUT2D eigenvalue weighted by molar-refractivity contribution is 5.81. The Morgan fingerprint density at radius 2 is 1.74 bits per heavy atom. The summed E-state index contributed by atoms with van der Waals surface area (Å²) in [5.41, 5.74) is 12.0. The second kappa shape index (κ2) is 4.26. The zero-order chi connectivity index (χ0) is 13.5. The molecule has 1 heteroatoms. The standard InChI is InChI=1S/C18H17N/c1-18(2)16-8-4-3-7-14(16)15-10-9-13(6-5-11-19)12-17(15)18/h3-4,7-10,12H,11,19H2,1-2H3. The van der Waals surface area contributed by atoms with E-state index in [9.17, 15) is 0 Å². The van der Waals surface area contributed by atoms with Crippen molar-refractivity contribution in [1.82, 2.24) is 0 Å². The van der Waals surface area contributed by atoms with E-state index in [1.54, 1.807) is 0 Å². The van der Waals surface area contributed by atoms with Crippen LogP contribution in [0.5, 0.6) is 0 Å². The lowest BCUT2D eigenvalue weighted by Crippen LogP contribution is -2.14. The molecule has 2 aromatic carbocycles. The van der Waals surface area contributed by atoms with Crippen molar-refractivity contribution in [1.29, 1.82) is 0 Å². The van der Waals surface area contributed by atoms with Crippen LogP contribution in [-0.2, 0) is 5.41 Å². The third-order valence-electron chi connectivity index (χ3n) is 3.92. The molecule has 0 amide bonds. The molecule has 2 aromatic rings. The van der Waals surface area contributed by atoms with Crippen molar-refractivity contribution in [2.24, 2.45) is 5.73 Å². The molecular formula is C18H17N. The molecular weight excluding hydrogens is 230 g/mol. The minimum atomic E-state index is 0.0479. The summed E-state index contributed by atoms with van der Waals surface area (Å²) in [5, 5.41) is 0.